The molecule has 0 amide bonds. The van der Waals surface area contributed by atoms with E-state index in [0.29, 0.717) is 24.6 Å². The lowest BCUT2D eigenvalue weighted by Gasteiger charge is -2.19. The van der Waals surface area contributed by atoms with Crippen LogP contribution in [0.15, 0.2) is 34.6 Å². The third kappa shape index (κ3) is 7.12. The van der Waals surface area contributed by atoms with Crippen LogP contribution in [0.5, 0.6) is 0 Å². The quantitative estimate of drug-likeness (QED) is 0.326. The number of benzene rings is 1. The molecule has 5 nitrogen and oxygen atoms in total. The highest BCUT2D eigenvalue weighted by molar-refractivity contribution is 14.0. The van der Waals surface area contributed by atoms with Crippen LogP contribution in [0, 0.1) is 0 Å². The van der Waals surface area contributed by atoms with E-state index in [1.165, 1.54) is 17.4 Å². The molecule has 0 radical (unpaired) electrons. The topological polar surface area (TPSA) is 52.6 Å². The third-order valence-corrected chi connectivity index (χ3v) is 4.79. The summed E-state index contributed by atoms with van der Waals surface area (Å²) in [5, 5.41) is 9.10. The summed E-state index contributed by atoms with van der Waals surface area (Å²) in [6.45, 7) is 4.75. The molecule has 0 bridgehead atoms. The van der Waals surface area contributed by atoms with Crippen LogP contribution in [0.25, 0.3) is 0 Å². The van der Waals surface area contributed by atoms with Gasteiger partial charge in [0.25, 0.3) is 0 Å². The van der Waals surface area contributed by atoms with Crippen LogP contribution in [0.4, 0.5) is 18.3 Å². The minimum Gasteiger partial charge on any atom is -0.357 e. The van der Waals surface area contributed by atoms with Gasteiger partial charge in [-0.05, 0) is 31.5 Å². The molecule has 1 heterocycles. The maximum atomic E-state index is 12.9. The van der Waals surface area contributed by atoms with Crippen molar-refractivity contribution in [1.29, 1.82) is 0 Å². The predicted molar refractivity (Wildman–Crippen MR) is 120 cm³/mol. The smallest absolute Gasteiger partial charge is 0.357 e. The van der Waals surface area contributed by atoms with E-state index in [4.69, 9.17) is 0 Å². The van der Waals surface area contributed by atoms with Gasteiger partial charge in [-0.3, -0.25) is 0 Å². The van der Waals surface area contributed by atoms with Crippen molar-refractivity contribution in [2.75, 3.05) is 25.5 Å². The summed E-state index contributed by atoms with van der Waals surface area (Å²) in [6, 6.07) is 4.97. The normalized spacial score (nSPS) is 12.9. The molecule has 2 aromatic rings. The summed E-state index contributed by atoms with van der Waals surface area (Å²) < 4.78 is 38.7. The largest absolute Gasteiger partial charge is 0.416 e. The SMILES string of the molecule is CCNC(=NCc1csc(N(C)C)n1)NC(C)c1cccc(C(F)(F)F)c1.I. The molecule has 0 saturated carbocycles. The number of thiazole rings is 1. The lowest BCUT2D eigenvalue weighted by Crippen LogP contribution is -2.38. The number of halogens is 4. The molecular formula is C18H25F3IN5S. The van der Waals surface area contributed by atoms with Crippen LogP contribution in [-0.2, 0) is 12.7 Å². The van der Waals surface area contributed by atoms with Crippen molar-refractivity contribution in [2.45, 2.75) is 32.6 Å². The Morgan fingerprint density at radius 1 is 1.32 bits per heavy atom. The molecule has 0 aliphatic heterocycles. The van der Waals surface area contributed by atoms with Gasteiger partial charge in [-0.1, -0.05) is 12.1 Å². The van der Waals surface area contributed by atoms with E-state index in [2.05, 4.69) is 20.6 Å². The number of rotatable bonds is 6. The summed E-state index contributed by atoms with van der Waals surface area (Å²) in [6.07, 6.45) is -4.36. The second-order valence-electron chi connectivity index (χ2n) is 6.20. The number of nitrogens with zero attached hydrogens (tertiary/aromatic N) is 3. The van der Waals surface area contributed by atoms with Gasteiger partial charge in [0, 0.05) is 26.0 Å². The van der Waals surface area contributed by atoms with Crippen LogP contribution in [0.3, 0.4) is 0 Å². The molecule has 2 rings (SSSR count). The summed E-state index contributed by atoms with van der Waals surface area (Å²) in [4.78, 5) is 10.9. The molecule has 10 heteroatoms. The molecule has 1 unspecified atom stereocenters. The molecule has 0 aliphatic rings. The Hall–Kier alpha value is -1.56. The molecule has 1 atom stereocenters. The fourth-order valence-corrected chi connectivity index (χ4v) is 3.08. The third-order valence-electron chi connectivity index (χ3n) is 3.73. The van der Waals surface area contributed by atoms with E-state index < -0.39 is 11.7 Å². The second-order valence-corrected chi connectivity index (χ2v) is 7.04. The van der Waals surface area contributed by atoms with Gasteiger partial charge in [0.2, 0.25) is 0 Å². The first-order chi connectivity index (χ1) is 12.7. The number of guanidine groups is 1. The Bertz CT molecular complexity index is 777. The van der Waals surface area contributed by atoms with Crippen molar-refractivity contribution >= 4 is 46.4 Å². The first-order valence-electron chi connectivity index (χ1n) is 8.54. The van der Waals surface area contributed by atoms with E-state index in [1.54, 1.807) is 13.0 Å². The number of alkyl halides is 3. The first-order valence-corrected chi connectivity index (χ1v) is 9.42. The maximum Gasteiger partial charge on any atom is 0.416 e. The van der Waals surface area contributed by atoms with Crippen molar-refractivity contribution in [3.05, 3.63) is 46.5 Å². The second kappa shape index (κ2) is 10.8. The molecular weight excluding hydrogens is 502 g/mol. The number of aromatic nitrogens is 1. The zero-order chi connectivity index (χ0) is 20.0. The van der Waals surface area contributed by atoms with Crippen molar-refractivity contribution < 1.29 is 13.2 Å². The highest BCUT2D eigenvalue weighted by atomic mass is 127. The zero-order valence-corrected chi connectivity index (χ0v) is 19.3. The Kier molecular flexibility index (Phi) is 9.48. The minimum atomic E-state index is -4.36. The Balaban J connectivity index is 0.00000392. The fourth-order valence-electron chi connectivity index (χ4n) is 2.33. The summed E-state index contributed by atoms with van der Waals surface area (Å²) in [5.41, 5.74) is 0.723. The molecule has 1 aromatic carbocycles. The van der Waals surface area contributed by atoms with Crippen molar-refractivity contribution in [3.63, 3.8) is 0 Å². The highest BCUT2D eigenvalue weighted by Crippen LogP contribution is 2.30. The van der Waals surface area contributed by atoms with Gasteiger partial charge in [-0.15, -0.1) is 35.3 Å². The van der Waals surface area contributed by atoms with Crippen molar-refractivity contribution in [2.24, 2.45) is 4.99 Å². The Morgan fingerprint density at radius 3 is 2.61 bits per heavy atom. The molecule has 28 heavy (non-hydrogen) atoms. The number of hydrogen-bond acceptors (Lipinski definition) is 4. The van der Waals surface area contributed by atoms with E-state index in [1.807, 2.05) is 31.3 Å². The standard InChI is InChI=1S/C18H24F3N5S.HI/c1-5-22-16(23-10-15-11-27-17(25-15)26(3)4)24-12(2)13-7-6-8-14(9-13)18(19,20)21;/h6-9,11-12H,5,10H2,1-4H3,(H2,22,23,24);1H. The van der Waals surface area contributed by atoms with Crippen LogP contribution in [-0.4, -0.2) is 31.6 Å². The van der Waals surface area contributed by atoms with Gasteiger partial charge in [0.1, 0.15) is 0 Å². The molecule has 0 fully saturated rings. The van der Waals surface area contributed by atoms with Crippen LogP contribution >= 0.6 is 35.3 Å². The van der Waals surface area contributed by atoms with Gasteiger partial charge in [0.15, 0.2) is 11.1 Å². The number of anilines is 1. The van der Waals surface area contributed by atoms with Gasteiger partial charge >= 0.3 is 6.18 Å². The molecule has 0 aliphatic carbocycles. The lowest BCUT2D eigenvalue weighted by atomic mass is 10.1. The molecule has 2 N–H and O–H groups in total. The van der Waals surface area contributed by atoms with E-state index in [9.17, 15) is 13.2 Å². The summed E-state index contributed by atoms with van der Waals surface area (Å²) in [5.74, 6) is 0.529. The Morgan fingerprint density at radius 2 is 2.04 bits per heavy atom. The average Bonchev–Trinajstić information content (AvgIpc) is 3.08. The van der Waals surface area contributed by atoms with Crippen LogP contribution in [0.2, 0.25) is 0 Å². The molecule has 0 saturated heterocycles. The van der Waals surface area contributed by atoms with Crippen LogP contribution < -0.4 is 15.5 Å². The van der Waals surface area contributed by atoms with Crippen molar-refractivity contribution in [3.8, 4) is 0 Å². The van der Waals surface area contributed by atoms with E-state index >= 15 is 0 Å². The zero-order valence-electron chi connectivity index (χ0n) is 16.2. The van der Waals surface area contributed by atoms with Gasteiger partial charge in [0.05, 0.1) is 23.8 Å². The Labute approximate surface area is 184 Å². The average molecular weight is 527 g/mol. The molecule has 1 aromatic heterocycles. The summed E-state index contributed by atoms with van der Waals surface area (Å²) in [7, 11) is 3.85. The summed E-state index contributed by atoms with van der Waals surface area (Å²) >= 11 is 1.54. The van der Waals surface area contributed by atoms with E-state index in [0.717, 1.165) is 23.0 Å². The monoisotopic (exact) mass is 527 g/mol. The van der Waals surface area contributed by atoms with Crippen LogP contribution in [0.1, 0.15) is 36.7 Å². The van der Waals surface area contributed by atoms with E-state index in [-0.39, 0.29) is 30.0 Å². The lowest BCUT2D eigenvalue weighted by molar-refractivity contribution is -0.137. The minimum absolute atomic E-state index is 0. The van der Waals surface area contributed by atoms with Gasteiger partial charge < -0.3 is 15.5 Å². The first kappa shape index (κ1) is 24.5. The van der Waals surface area contributed by atoms with Crippen molar-refractivity contribution in [1.82, 2.24) is 15.6 Å². The maximum absolute atomic E-state index is 12.9. The molecule has 0 spiro atoms. The van der Waals surface area contributed by atoms with Gasteiger partial charge in [-0.2, -0.15) is 13.2 Å². The molecule has 156 valence electrons. The number of nitrogens with one attached hydrogen (secondary N) is 2. The number of hydrogen-bond donors (Lipinski definition) is 2. The fraction of sp³-hybridized carbons (Fsp3) is 0.444. The van der Waals surface area contributed by atoms with Gasteiger partial charge in [-0.25, -0.2) is 9.98 Å². The number of aliphatic imine (C=N–C) groups is 1. The highest BCUT2D eigenvalue weighted by Gasteiger charge is 2.30. The predicted octanol–water partition coefficient (Wildman–Crippen LogP) is 4.66.